The fraction of sp³-hybridized carbons (Fsp3) is 0.0714. The highest BCUT2D eigenvalue weighted by Gasteiger charge is 2.09. The van der Waals surface area contributed by atoms with Crippen LogP contribution >= 0.6 is 23.2 Å². The van der Waals surface area contributed by atoms with Crippen LogP contribution in [0.3, 0.4) is 0 Å². The first-order valence-electron chi connectivity index (χ1n) is 5.60. The molecule has 1 amide bonds. The Balaban J connectivity index is 2.23. The van der Waals surface area contributed by atoms with Crippen LogP contribution in [-0.2, 0) is 0 Å². The minimum Gasteiger partial charge on any atom is -0.399 e. The number of nitrogen functional groups attached to an aromatic ring is 1. The van der Waals surface area contributed by atoms with Crippen molar-refractivity contribution in [2.75, 3.05) is 11.1 Å². The number of carbonyl (C=O) groups excluding carboxylic acids is 1. The van der Waals surface area contributed by atoms with Crippen LogP contribution in [0, 0.1) is 6.92 Å². The van der Waals surface area contributed by atoms with E-state index < -0.39 is 0 Å². The zero-order chi connectivity index (χ0) is 14.0. The number of hydrogen-bond donors (Lipinski definition) is 2. The lowest BCUT2D eigenvalue weighted by Crippen LogP contribution is -2.12. The van der Waals surface area contributed by atoms with Crippen LogP contribution in [-0.4, -0.2) is 5.91 Å². The molecule has 0 bridgehead atoms. The van der Waals surface area contributed by atoms with Crippen LogP contribution in [0.15, 0.2) is 36.4 Å². The highest BCUT2D eigenvalue weighted by Crippen LogP contribution is 2.24. The van der Waals surface area contributed by atoms with E-state index in [4.69, 9.17) is 28.9 Å². The number of nitrogens with one attached hydrogen (secondary N) is 1. The van der Waals surface area contributed by atoms with Crippen LogP contribution in [0.1, 0.15) is 15.9 Å². The Labute approximate surface area is 121 Å². The van der Waals surface area contributed by atoms with E-state index in [0.29, 0.717) is 27.0 Å². The second-order valence-electron chi connectivity index (χ2n) is 4.16. The molecule has 0 aromatic heterocycles. The first-order chi connectivity index (χ1) is 8.97. The van der Waals surface area contributed by atoms with Gasteiger partial charge in [0.15, 0.2) is 0 Å². The average molecular weight is 295 g/mol. The maximum atomic E-state index is 12.1. The molecule has 0 saturated carbocycles. The number of benzene rings is 2. The summed E-state index contributed by atoms with van der Waals surface area (Å²) in [5.41, 5.74) is 8.38. The third-order valence-corrected chi connectivity index (χ3v) is 3.42. The molecule has 2 rings (SSSR count). The summed E-state index contributed by atoms with van der Waals surface area (Å²) in [6, 6.07) is 10.0. The van der Waals surface area contributed by atoms with Crippen LogP contribution < -0.4 is 11.1 Å². The van der Waals surface area contributed by atoms with Crippen molar-refractivity contribution in [1.82, 2.24) is 0 Å². The SMILES string of the molecule is Cc1cc(N)ccc1NC(=O)c1ccc(Cl)c(Cl)c1. The van der Waals surface area contributed by atoms with Crippen LogP contribution in [0.2, 0.25) is 10.0 Å². The maximum Gasteiger partial charge on any atom is 0.255 e. The predicted octanol–water partition coefficient (Wildman–Crippen LogP) is 4.14. The van der Waals surface area contributed by atoms with Gasteiger partial charge in [0.1, 0.15) is 0 Å². The molecule has 0 aliphatic carbocycles. The van der Waals surface area contributed by atoms with E-state index in [0.717, 1.165) is 5.56 Å². The molecule has 5 heteroatoms. The lowest BCUT2D eigenvalue weighted by molar-refractivity contribution is 0.102. The van der Waals surface area contributed by atoms with Gasteiger partial charge in [-0.1, -0.05) is 23.2 Å². The number of halogens is 2. The van der Waals surface area contributed by atoms with Crippen LogP contribution in [0.25, 0.3) is 0 Å². The maximum absolute atomic E-state index is 12.1. The van der Waals surface area contributed by atoms with Crippen molar-refractivity contribution in [2.24, 2.45) is 0 Å². The average Bonchev–Trinajstić information content (AvgIpc) is 2.36. The molecule has 98 valence electrons. The van der Waals surface area contributed by atoms with Gasteiger partial charge in [-0.15, -0.1) is 0 Å². The minimum atomic E-state index is -0.244. The van der Waals surface area contributed by atoms with E-state index in [-0.39, 0.29) is 5.91 Å². The van der Waals surface area contributed by atoms with Crippen molar-refractivity contribution in [2.45, 2.75) is 6.92 Å². The summed E-state index contributed by atoms with van der Waals surface area (Å²) in [4.78, 5) is 12.1. The van der Waals surface area contributed by atoms with E-state index >= 15 is 0 Å². The Morgan fingerprint density at radius 1 is 1.11 bits per heavy atom. The molecule has 0 spiro atoms. The molecule has 19 heavy (non-hydrogen) atoms. The standard InChI is InChI=1S/C14H12Cl2N2O/c1-8-6-10(17)3-5-13(8)18-14(19)9-2-4-11(15)12(16)7-9/h2-7H,17H2,1H3,(H,18,19). The van der Waals surface area contributed by atoms with Gasteiger partial charge in [-0.05, 0) is 48.9 Å². The van der Waals surface area contributed by atoms with Gasteiger partial charge in [-0.2, -0.15) is 0 Å². The molecular weight excluding hydrogens is 283 g/mol. The third-order valence-electron chi connectivity index (χ3n) is 2.68. The predicted molar refractivity (Wildman–Crippen MR) is 80.0 cm³/mol. The topological polar surface area (TPSA) is 55.1 Å². The van der Waals surface area contributed by atoms with E-state index in [2.05, 4.69) is 5.32 Å². The molecule has 0 heterocycles. The number of rotatable bonds is 2. The molecule has 2 aromatic rings. The van der Waals surface area contributed by atoms with Gasteiger partial charge >= 0.3 is 0 Å². The van der Waals surface area contributed by atoms with Crippen molar-refractivity contribution in [3.8, 4) is 0 Å². The molecule has 3 nitrogen and oxygen atoms in total. The van der Waals surface area contributed by atoms with Crippen molar-refractivity contribution in [3.05, 3.63) is 57.6 Å². The number of aryl methyl sites for hydroxylation is 1. The number of amides is 1. The van der Waals surface area contributed by atoms with Crippen molar-refractivity contribution in [3.63, 3.8) is 0 Å². The molecule has 2 aromatic carbocycles. The Morgan fingerprint density at radius 2 is 1.84 bits per heavy atom. The van der Waals surface area contributed by atoms with E-state index in [1.54, 1.807) is 30.3 Å². The smallest absolute Gasteiger partial charge is 0.255 e. The van der Waals surface area contributed by atoms with Gasteiger partial charge in [0, 0.05) is 16.9 Å². The lowest BCUT2D eigenvalue weighted by atomic mass is 10.1. The molecule has 0 unspecified atom stereocenters. The fourth-order valence-electron chi connectivity index (χ4n) is 1.66. The zero-order valence-electron chi connectivity index (χ0n) is 10.2. The molecule has 0 aliphatic heterocycles. The van der Waals surface area contributed by atoms with Gasteiger partial charge in [0.2, 0.25) is 0 Å². The monoisotopic (exact) mass is 294 g/mol. The molecule has 0 fully saturated rings. The first kappa shape index (κ1) is 13.7. The summed E-state index contributed by atoms with van der Waals surface area (Å²) in [7, 11) is 0. The van der Waals surface area contributed by atoms with E-state index in [1.807, 2.05) is 6.92 Å². The van der Waals surface area contributed by atoms with Gasteiger partial charge in [-0.3, -0.25) is 4.79 Å². The van der Waals surface area contributed by atoms with Crippen LogP contribution in [0.4, 0.5) is 11.4 Å². The highest BCUT2D eigenvalue weighted by atomic mass is 35.5. The Morgan fingerprint density at radius 3 is 2.47 bits per heavy atom. The fourth-order valence-corrected chi connectivity index (χ4v) is 1.96. The summed E-state index contributed by atoms with van der Waals surface area (Å²) in [6.07, 6.45) is 0. The number of nitrogens with two attached hydrogens (primary N) is 1. The number of carbonyl (C=O) groups is 1. The second kappa shape index (κ2) is 5.51. The second-order valence-corrected chi connectivity index (χ2v) is 4.97. The largest absolute Gasteiger partial charge is 0.399 e. The number of hydrogen-bond acceptors (Lipinski definition) is 2. The summed E-state index contributed by atoms with van der Waals surface area (Å²) in [5.74, 6) is -0.244. The van der Waals surface area contributed by atoms with Gasteiger partial charge in [-0.25, -0.2) is 0 Å². The molecule has 0 aliphatic rings. The summed E-state index contributed by atoms with van der Waals surface area (Å²) in [6.45, 7) is 1.88. The lowest BCUT2D eigenvalue weighted by Gasteiger charge is -2.09. The Bertz CT molecular complexity index is 641. The summed E-state index contributed by atoms with van der Waals surface area (Å²) >= 11 is 11.7. The molecule has 0 saturated heterocycles. The first-order valence-corrected chi connectivity index (χ1v) is 6.35. The molecular formula is C14H12Cl2N2O. The van der Waals surface area contributed by atoms with E-state index in [9.17, 15) is 4.79 Å². The summed E-state index contributed by atoms with van der Waals surface area (Å²) < 4.78 is 0. The van der Waals surface area contributed by atoms with Crippen molar-refractivity contribution >= 4 is 40.5 Å². The van der Waals surface area contributed by atoms with Gasteiger partial charge < -0.3 is 11.1 Å². The molecule has 3 N–H and O–H groups in total. The van der Waals surface area contributed by atoms with E-state index in [1.165, 1.54) is 6.07 Å². The Hall–Kier alpha value is -1.71. The van der Waals surface area contributed by atoms with Gasteiger partial charge in [0.05, 0.1) is 10.0 Å². The molecule has 0 radical (unpaired) electrons. The normalized spacial score (nSPS) is 10.3. The van der Waals surface area contributed by atoms with Gasteiger partial charge in [0.25, 0.3) is 5.91 Å². The zero-order valence-corrected chi connectivity index (χ0v) is 11.7. The van der Waals surface area contributed by atoms with Crippen molar-refractivity contribution < 1.29 is 4.79 Å². The summed E-state index contributed by atoms with van der Waals surface area (Å²) in [5, 5.41) is 3.57. The molecule has 0 atom stereocenters. The quantitative estimate of drug-likeness (QED) is 0.818. The minimum absolute atomic E-state index is 0.244. The highest BCUT2D eigenvalue weighted by molar-refractivity contribution is 6.42. The van der Waals surface area contributed by atoms with Crippen molar-refractivity contribution in [1.29, 1.82) is 0 Å². The number of anilines is 2. The third kappa shape index (κ3) is 3.19. The Kier molecular flexibility index (Phi) is 3.98. The van der Waals surface area contributed by atoms with Crippen LogP contribution in [0.5, 0.6) is 0 Å².